The first kappa shape index (κ1) is 11.9. The zero-order valence-electron chi connectivity index (χ0n) is 9.62. The molecule has 1 aliphatic heterocycles. The minimum absolute atomic E-state index is 0.0760. The van der Waals surface area contributed by atoms with Crippen LogP contribution in [-0.4, -0.2) is 23.5 Å². The molecule has 90 valence electrons. The Hall–Kier alpha value is -1.62. The Balaban J connectivity index is 2.21. The van der Waals surface area contributed by atoms with E-state index in [0.717, 1.165) is 16.8 Å². The molecule has 0 radical (unpaired) electrons. The van der Waals surface area contributed by atoms with Gasteiger partial charge in [0.25, 0.3) is 0 Å². The van der Waals surface area contributed by atoms with Crippen molar-refractivity contribution in [3.63, 3.8) is 0 Å². The normalized spacial score (nSPS) is 18.9. The summed E-state index contributed by atoms with van der Waals surface area (Å²) in [5.41, 5.74) is 8.53. The molecule has 1 heterocycles. The predicted molar refractivity (Wildman–Crippen MR) is 72.1 cm³/mol. The van der Waals surface area contributed by atoms with Crippen LogP contribution in [0.3, 0.4) is 0 Å². The molecular weight excluding hydrogens is 234 g/mol. The first-order valence-corrected chi connectivity index (χ1v) is 5.91. The Kier molecular flexibility index (Phi) is 3.28. The van der Waals surface area contributed by atoms with Gasteiger partial charge in [-0.2, -0.15) is 0 Å². The fraction of sp³-hybridized carbons (Fsp3) is 0.333. The van der Waals surface area contributed by atoms with E-state index in [9.17, 15) is 4.79 Å². The Morgan fingerprint density at radius 1 is 1.59 bits per heavy atom. The Morgan fingerprint density at radius 2 is 2.35 bits per heavy atom. The number of anilines is 1. The highest BCUT2D eigenvalue weighted by Gasteiger charge is 2.22. The molecular formula is C12H15N3OS. The number of hydrogen-bond acceptors (Lipinski definition) is 3. The summed E-state index contributed by atoms with van der Waals surface area (Å²) in [5.74, 6) is 0.0760. The zero-order chi connectivity index (χ0) is 12.4. The summed E-state index contributed by atoms with van der Waals surface area (Å²) in [5, 5.41) is 6.10. The summed E-state index contributed by atoms with van der Waals surface area (Å²) in [7, 11) is 0. The molecule has 1 aromatic carbocycles. The van der Waals surface area contributed by atoms with Gasteiger partial charge in [-0.25, -0.2) is 0 Å². The number of carbonyl (C=O) groups is 1. The molecule has 0 aliphatic carbocycles. The molecule has 4 N–H and O–H groups in total. The molecule has 1 fully saturated rings. The maximum Gasteiger partial charge on any atom is 0.222 e. The number of nitrogens with two attached hydrogens (primary N) is 1. The van der Waals surface area contributed by atoms with Crippen molar-refractivity contribution >= 4 is 28.8 Å². The van der Waals surface area contributed by atoms with Gasteiger partial charge in [-0.3, -0.25) is 4.79 Å². The van der Waals surface area contributed by atoms with E-state index in [4.69, 9.17) is 18.0 Å². The average molecular weight is 249 g/mol. The number of aryl methyl sites for hydroxylation is 1. The van der Waals surface area contributed by atoms with Crippen molar-refractivity contribution < 1.29 is 4.79 Å². The molecule has 1 atom stereocenters. The van der Waals surface area contributed by atoms with Crippen LogP contribution < -0.4 is 16.4 Å². The van der Waals surface area contributed by atoms with Crippen LogP contribution >= 0.6 is 12.2 Å². The topological polar surface area (TPSA) is 67.2 Å². The van der Waals surface area contributed by atoms with Gasteiger partial charge < -0.3 is 16.4 Å². The fourth-order valence-electron chi connectivity index (χ4n) is 1.92. The first-order chi connectivity index (χ1) is 8.06. The molecule has 0 aromatic heterocycles. The van der Waals surface area contributed by atoms with Gasteiger partial charge >= 0.3 is 0 Å². The summed E-state index contributed by atoms with van der Waals surface area (Å²) in [6.07, 6.45) is 0.491. The van der Waals surface area contributed by atoms with Crippen LogP contribution in [0, 0.1) is 6.92 Å². The summed E-state index contributed by atoms with van der Waals surface area (Å²) < 4.78 is 0. The van der Waals surface area contributed by atoms with E-state index >= 15 is 0 Å². The standard InChI is InChI=1S/C12H15N3OS/c1-7-2-3-9(12(13)17)10(4-7)15-8-5-11(16)14-6-8/h2-4,8,15H,5-6H2,1H3,(H2,13,17)(H,14,16). The van der Waals surface area contributed by atoms with Crippen molar-refractivity contribution in [3.8, 4) is 0 Å². The van der Waals surface area contributed by atoms with Gasteiger partial charge in [-0.05, 0) is 24.6 Å². The maximum absolute atomic E-state index is 11.1. The van der Waals surface area contributed by atoms with Crippen LogP contribution in [0.25, 0.3) is 0 Å². The number of benzene rings is 1. The molecule has 2 rings (SSSR count). The molecule has 17 heavy (non-hydrogen) atoms. The van der Waals surface area contributed by atoms with E-state index in [1.807, 2.05) is 25.1 Å². The number of hydrogen-bond donors (Lipinski definition) is 3. The molecule has 0 saturated carbocycles. The van der Waals surface area contributed by atoms with Crippen molar-refractivity contribution in [3.05, 3.63) is 29.3 Å². The van der Waals surface area contributed by atoms with Gasteiger partial charge in [0, 0.05) is 24.2 Å². The molecule has 1 amide bonds. The van der Waals surface area contributed by atoms with Gasteiger partial charge in [0.05, 0.1) is 6.04 Å². The third-order valence-corrected chi connectivity index (χ3v) is 3.00. The van der Waals surface area contributed by atoms with Crippen LogP contribution in [0.4, 0.5) is 5.69 Å². The van der Waals surface area contributed by atoms with Crippen LogP contribution in [0.5, 0.6) is 0 Å². The lowest BCUT2D eigenvalue weighted by Crippen LogP contribution is -2.24. The van der Waals surface area contributed by atoms with E-state index in [0.29, 0.717) is 18.0 Å². The molecule has 4 nitrogen and oxygen atoms in total. The quantitative estimate of drug-likeness (QED) is 0.697. The summed E-state index contributed by atoms with van der Waals surface area (Å²) >= 11 is 5.01. The van der Waals surface area contributed by atoms with Gasteiger partial charge in [0.1, 0.15) is 4.99 Å². The Labute approximate surface area is 106 Å². The number of amides is 1. The molecule has 0 bridgehead atoms. The summed E-state index contributed by atoms with van der Waals surface area (Å²) in [6, 6.07) is 5.98. The first-order valence-electron chi connectivity index (χ1n) is 5.50. The van der Waals surface area contributed by atoms with Gasteiger partial charge in [-0.1, -0.05) is 18.3 Å². The average Bonchev–Trinajstić information content (AvgIpc) is 2.63. The highest BCUT2D eigenvalue weighted by Crippen LogP contribution is 2.20. The van der Waals surface area contributed by atoms with Gasteiger partial charge in [-0.15, -0.1) is 0 Å². The number of thiocarbonyl (C=S) groups is 1. The van der Waals surface area contributed by atoms with E-state index in [-0.39, 0.29) is 11.9 Å². The molecule has 1 aromatic rings. The molecule has 1 saturated heterocycles. The summed E-state index contributed by atoms with van der Waals surface area (Å²) in [6.45, 7) is 2.65. The number of nitrogens with one attached hydrogen (secondary N) is 2. The van der Waals surface area contributed by atoms with E-state index in [2.05, 4.69) is 10.6 Å². The molecule has 0 spiro atoms. The van der Waals surface area contributed by atoms with Crippen molar-refractivity contribution in [1.82, 2.24) is 5.32 Å². The second-order valence-corrected chi connectivity index (χ2v) is 4.70. The third-order valence-electron chi connectivity index (χ3n) is 2.78. The SMILES string of the molecule is Cc1ccc(C(N)=S)c(NC2CNC(=O)C2)c1. The Bertz CT molecular complexity index is 473. The van der Waals surface area contributed by atoms with Crippen LogP contribution in [0.2, 0.25) is 0 Å². The van der Waals surface area contributed by atoms with E-state index in [1.165, 1.54) is 0 Å². The monoisotopic (exact) mass is 249 g/mol. The minimum atomic E-state index is 0.0760. The van der Waals surface area contributed by atoms with Crippen molar-refractivity contribution in [1.29, 1.82) is 0 Å². The zero-order valence-corrected chi connectivity index (χ0v) is 10.4. The van der Waals surface area contributed by atoms with Crippen LogP contribution in [0.15, 0.2) is 18.2 Å². The fourth-order valence-corrected chi connectivity index (χ4v) is 2.10. The van der Waals surface area contributed by atoms with Crippen molar-refractivity contribution in [2.45, 2.75) is 19.4 Å². The van der Waals surface area contributed by atoms with Crippen molar-refractivity contribution in [2.75, 3.05) is 11.9 Å². The lowest BCUT2D eigenvalue weighted by molar-refractivity contribution is -0.119. The number of carbonyl (C=O) groups excluding carboxylic acids is 1. The van der Waals surface area contributed by atoms with Crippen LogP contribution in [0.1, 0.15) is 17.5 Å². The van der Waals surface area contributed by atoms with Crippen LogP contribution in [-0.2, 0) is 4.79 Å². The maximum atomic E-state index is 11.1. The summed E-state index contributed by atoms with van der Waals surface area (Å²) in [4.78, 5) is 11.5. The largest absolute Gasteiger partial charge is 0.389 e. The molecule has 1 unspecified atom stereocenters. The second kappa shape index (κ2) is 4.71. The minimum Gasteiger partial charge on any atom is -0.389 e. The highest BCUT2D eigenvalue weighted by molar-refractivity contribution is 7.80. The molecule has 1 aliphatic rings. The smallest absolute Gasteiger partial charge is 0.222 e. The lowest BCUT2D eigenvalue weighted by atomic mass is 10.1. The van der Waals surface area contributed by atoms with Crippen molar-refractivity contribution in [2.24, 2.45) is 5.73 Å². The molecule has 5 heteroatoms. The van der Waals surface area contributed by atoms with E-state index < -0.39 is 0 Å². The van der Waals surface area contributed by atoms with Gasteiger partial charge in [0.2, 0.25) is 5.91 Å². The lowest BCUT2D eigenvalue weighted by Gasteiger charge is -2.16. The third kappa shape index (κ3) is 2.74. The highest BCUT2D eigenvalue weighted by atomic mass is 32.1. The second-order valence-electron chi connectivity index (χ2n) is 4.26. The number of rotatable bonds is 3. The van der Waals surface area contributed by atoms with E-state index in [1.54, 1.807) is 0 Å². The predicted octanol–water partition coefficient (Wildman–Crippen LogP) is 0.930. The Morgan fingerprint density at radius 3 is 2.94 bits per heavy atom. The van der Waals surface area contributed by atoms with Gasteiger partial charge in [0.15, 0.2) is 0 Å².